The van der Waals surface area contributed by atoms with Gasteiger partial charge in [-0.3, -0.25) is 4.90 Å². The zero-order valence-electron chi connectivity index (χ0n) is 10.2. The summed E-state index contributed by atoms with van der Waals surface area (Å²) in [6.45, 7) is 3.40. The molecule has 17 heavy (non-hydrogen) atoms. The molecule has 1 aliphatic heterocycles. The minimum Gasteiger partial charge on any atom is -0.323 e. The molecule has 1 aromatic rings. The SMILES string of the molecule is CC(CCl)CN1C(=O)N(C)Cc2ccccc21. The molecule has 92 valence electrons. The zero-order valence-corrected chi connectivity index (χ0v) is 10.9. The van der Waals surface area contributed by atoms with Crippen molar-refractivity contribution in [2.24, 2.45) is 5.92 Å². The Morgan fingerprint density at radius 1 is 1.41 bits per heavy atom. The Balaban J connectivity index is 2.32. The van der Waals surface area contributed by atoms with Crippen molar-refractivity contribution >= 4 is 23.3 Å². The molecule has 1 heterocycles. The third-order valence-electron chi connectivity index (χ3n) is 3.01. The predicted octanol–water partition coefficient (Wildman–Crippen LogP) is 2.93. The second-order valence-corrected chi connectivity index (χ2v) is 4.95. The zero-order chi connectivity index (χ0) is 12.4. The van der Waals surface area contributed by atoms with E-state index >= 15 is 0 Å². The van der Waals surface area contributed by atoms with Gasteiger partial charge in [-0.1, -0.05) is 25.1 Å². The summed E-state index contributed by atoms with van der Waals surface area (Å²) in [6.07, 6.45) is 0. The quantitative estimate of drug-likeness (QED) is 0.759. The first kappa shape index (κ1) is 12.2. The normalized spacial score (nSPS) is 17.0. The number of hydrogen-bond donors (Lipinski definition) is 0. The van der Waals surface area contributed by atoms with Crippen LogP contribution in [0.2, 0.25) is 0 Å². The van der Waals surface area contributed by atoms with Crippen LogP contribution in [-0.4, -0.2) is 30.4 Å². The molecule has 0 N–H and O–H groups in total. The highest BCUT2D eigenvalue weighted by molar-refractivity contribution is 6.18. The van der Waals surface area contributed by atoms with Gasteiger partial charge in [0.1, 0.15) is 0 Å². The van der Waals surface area contributed by atoms with Crippen molar-refractivity contribution in [2.75, 3.05) is 24.4 Å². The second-order valence-electron chi connectivity index (χ2n) is 4.64. The number of carbonyl (C=O) groups excluding carboxylic acids is 1. The summed E-state index contributed by atoms with van der Waals surface area (Å²) in [7, 11) is 1.83. The van der Waals surface area contributed by atoms with Crippen LogP contribution in [0.3, 0.4) is 0 Å². The lowest BCUT2D eigenvalue weighted by Gasteiger charge is -2.36. The van der Waals surface area contributed by atoms with E-state index in [1.807, 2.05) is 30.1 Å². The number of para-hydroxylation sites is 1. The van der Waals surface area contributed by atoms with Crippen molar-refractivity contribution in [1.82, 2.24) is 4.90 Å². The van der Waals surface area contributed by atoms with E-state index in [0.717, 1.165) is 5.69 Å². The summed E-state index contributed by atoms with van der Waals surface area (Å²) < 4.78 is 0. The molecule has 1 aromatic carbocycles. The number of amides is 2. The molecule has 1 unspecified atom stereocenters. The van der Waals surface area contributed by atoms with Gasteiger partial charge in [-0.15, -0.1) is 11.6 Å². The van der Waals surface area contributed by atoms with Gasteiger partial charge in [0.15, 0.2) is 0 Å². The van der Waals surface area contributed by atoms with Gasteiger partial charge in [0.2, 0.25) is 0 Å². The molecule has 0 saturated carbocycles. The summed E-state index contributed by atoms with van der Waals surface area (Å²) >= 11 is 5.83. The smallest absolute Gasteiger partial charge is 0.323 e. The maximum Gasteiger partial charge on any atom is 0.324 e. The number of anilines is 1. The number of carbonyl (C=O) groups is 1. The standard InChI is InChI=1S/C13H17ClN2O/c1-10(7-14)8-16-12-6-4-3-5-11(12)9-15(2)13(16)17/h3-6,10H,7-9H2,1-2H3. The van der Waals surface area contributed by atoms with Crippen LogP contribution in [0.5, 0.6) is 0 Å². The van der Waals surface area contributed by atoms with E-state index in [4.69, 9.17) is 11.6 Å². The highest BCUT2D eigenvalue weighted by Crippen LogP contribution is 2.28. The highest BCUT2D eigenvalue weighted by atomic mass is 35.5. The Labute approximate surface area is 107 Å². The fraction of sp³-hybridized carbons (Fsp3) is 0.462. The minimum absolute atomic E-state index is 0.0562. The lowest BCUT2D eigenvalue weighted by atomic mass is 10.1. The lowest BCUT2D eigenvalue weighted by molar-refractivity contribution is 0.209. The van der Waals surface area contributed by atoms with Crippen LogP contribution in [0.1, 0.15) is 12.5 Å². The number of rotatable bonds is 3. The fourth-order valence-corrected chi connectivity index (χ4v) is 2.17. The molecule has 1 atom stereocenters. The van der Waals surface area contributed by atoms with Crippen LogP contribution in [0.25, 0.3) is 0 Å². The molecule has 2 amide bonds. The van der Waals surface area contributed by atoms with Crippen molar-refractivity contribution < 1.29 is 4.79 Å². The summed E-state index contributed by atoms with van der Waals surface area (Å²) in [6, 6.07) is 8.10. The molecule has 0 bridgehead atoms. The second kappa shape index (κ2) is 4.96. The van der Waals surface area contributed by atoms with Gasteiger partial charge in [-0.2, -0.15) is 0 Å². The Hall–Kier alpha value is -1.22. The monoisotopic (exact) mass is 252 g/mol. The molecule has 0 fully saturated rings. The summed E-state index contributed by atoms with van der Waals surface area (Å²) in [4.78, 5) is 15.7. The van der Waals surface area contributed by atoms with Crippen LogP contribution in [0.15, 0.2) is 24.3 Å². The van der Waals surface area contributed by atoms with Crippen molar-refractivity contribution in [1.29, 1.82) is 0 Å². The van der Waals surface area contributed by atoms with Gasteiger partial charge >= 0.3 is 6.03 Å². The highest BCUT2D eigenvalue weighted by Gasteiger charge is 2.28. The van der Waals surface area contributed by atoms with Crippen LogP contribution < -0.4 is 4.90 Å². The van der Waals surface area contributed by atoms with Crippen LogP contribution in [-0.2, 0) is 6.54 Å². The van der Waals surface area contributed by atoms with Crippen molar-refractivity contribution in [3.63, 3.8) is 0 Å². The van der Waals surface area contributed by atoms with Crippen LogP contribution in [0.4, 0.5) is 10.5 Å². The Kier molecular flexibility index (Phi) is 3.57. The first-order valence-electron chi connectivity index (χ1n) is 5.80. The number of nitrogens with zero attached hydrogens (tertiary/aromatic N) is 2. The largest absolute Gasteiger partial charge is 0.324 e. The maximum absolute atomic E-state index is 12.1. The van der Waals surface area contributed by atoms with Crippen LogP contribution in [0, 0.1) is 5.92 Å². The third-order valence-corrected chi connectivity index (χ3v) is 3.53. The average molecular weight is 253 g/mol. The van der Waals surface area contributed by atoms with Gasteiger partial charge in [-0.25, -0.2) is 4.79 Å². The molecule has 1 aliphatic rings. The predicted molar refractivity (Wildman–Crippen MR) is 70.5 cm³/mol. The molecule has 4 heteroatoms. The number of urea groups is 1. The first-order chi connectivity index (χ1) is 8.13. The van der Waals surface area contributed by atoms with E-state index in [-0.39, 0.29) is 6.03 Å². The maximum atomic E-state index is 12.1. The number of halogens is 1. The molecule has 0 aliphatic carbocycles. The molecule has 0 radical (unpaired) electrons. The number of benzene rings is 1. The van der Waals surface area contributed by atoms with Gasteiger partial charge in [0.05, 0.1) is 5.69 Å². The molecule has 2 rings (SSSR count). The van der Waals surface area contributed by atoms with E-state index < -0.39 is 0 Å². The number of alkyl halides is 1. The van der Waals surface area contributed by atoms with Gasteiger partial charge < -0.3 is 4.90 Å². The van der Waals surface area contributed by atoms with E-state index in [2.05, 4.69) is 13.0 Å². The van der Waals surface area contributed by atoms with Crippen molar-refractivity contribution in [2.45, 2.75) is 13.5 Å². The molecule has 0 aromatic heterocycles. The Morgan fingerprint density at radius 2 is 2.12 bits per heavy atom. The fourth-order valence-electron chi connectivity index (χ4n) is 2.08. The van der Waals surface area contributed by atoms with E-state index in [0.29, 0.717) is 24.9 Å². The average Bonchev–Trinajstić information content (AvgIpc) is 2.34. The molecular weight excluding hydrogens is 236 g/mol. The minimum atomic E-state index is 0.0562. The summed E-state index contributed by atoms with van der Waals surface area (Å²) in [5.41, 5.74) is 2.21. The Morgan fingerprint density at radius 3 is 2.82 bits per heavy atom. The number of fused-ring (bicyclic) bond motifs is 1. The third kappa shape index (κ3) is 2.39. The first-order valence-corrected chi connectivity index (χ1v) is 6.33. The lowest BCUT2D eigenvalue weighted by Crippen LogP contribution is -2.47. The van der Waals surface area contributed by atoms with Crippen molar-refractivity contribution in [3.8, 4) is 0 Å². The molecule has 0 saturated heterocycles. The van der Waals surface area contributed by atoms with Crippen LogP contribution >= 0.6 is 11.6 Å². The molecular formula is C13H17ClN2O. The summed E-state index contributed by atoms with van der Waals surface area (Å²) in [5, 5.41) is 0. The van der Waals surface area contributed by atoms with Gasteiger partial charge in [0, 0.05) is 26.0 Å². The number of hydrogen-bond acceptors (Lipinski definition) is 1. The van der Waals surface area contributed by atoms with E-state index in [1.165, 1.54) is 5.56 Å². The van der Waals surface area contributed by atoms with E-state index in [9.17, 15) is 4.79 Å². The molecule has 0 spiro atoms. The van der Waals surface area contributed by atoms with Gasteiger partial charge in [-0.05, 0) is 17.5 Å². The van der Waals surface area contributed by atoms with Crippen molar-refractivity contribution in [3.05, 3.63) is 29.8 Å². The molecule has 3 nitrogen and oxygen atoms in total. The van der Waals surface area contributed by atoms with Gasteiger partial charge in [0.25, 0.3) is 0 Å². The summed E-state index contributed by atoms with van der Waals surface area (Å²) in [5.74, 6) is 0.857. The van der Waals surface area contributed by atoms with E-state index in [1.54, 1.807) is 4.90 Å². The topological polar surface area (TPSA) is 23.6 Å². The Bertz CT molecular complexity index is 422.